The minimum Gasteiger partial charge on any atom is -0.294 e. The molecule has 0 amide bonds. The molecule has 2 aromatic carbocycles. The molecule has 0 bridgehead atoms. The lowest BCUT2D eigenvalue weighted by molar-refractivity contribution is 0.146. The molecular weight excluding hydrogens is 344 g/mol. The van der Waals surface area contributed by atoms with Crippen LogP contribution in [0.25, 0.3) is 0 Å². The number of rotatable bonds is 4. The highest BCUT2D eigenvalue weighted by atomic mass is 35.5. The molecule has 4 nitrogen and oxygen atoms in total. The number of nitrogens with zero attached hydrogens (tertiary/aromatic N) is 2. The summed E-state index contributed by atoms with van der Waals surface area (Å²) in [5.41, 5.74) is 1.08. The summed E-state index contributed by atoms with van der Waals surface area (Å²) in [6.45, 7) is 4.48. The van der Waals surface area contributed by atoms with E-state index in [1.54, 1.807) is 28.6 Å². The number of benzene rings is 2. The number of sulfonamides is 1. The Balaban J connectivity index is 1.69. The van der Waals surface area contributed by atoms with Gasteiger partial charge in [-0.1, -0.05) is 48.0 Å². The summed E-state index contributed by atoms with van der Waals surface area (Å²) in [4.78, 5) is 2.63. The summed E-state index contributed by atoms with van der Waals surface area (Å²) in [5, 5.41) is 0.754. The molecule has 1 unspecified atom stereocenters. The van der Waals surface area contributed by atoms with Crippen molar-refractivity contribution in [3.05, 3.63) is 65.2 Å². The van der Waals surface area contributed by atoms with Crippen molar-refractivity contribution in [1.29, 1.82) is 0 Å². The Hall–Kier alpha value is -1.40. The minimum absolute atomic E-state index is 0.167. The molecule has 1 aliphatic heterocycles. The predicted molar refractivity (Wildman–Crippen MR) is 96.6 cm³/mol. The van der Waals surface area contributed by atoms with Crippen LogP contribution in [0.15, 0.2) is 59.5 Å². The van der Waals surface area contributed by atoms with Crippen LogP contribution in [0, 0.1) is 0 Å². The number of hydrogen-bond donors (Lipinski definition) is 0. The second-order valence-corrected chi connectivity index (χ2v) is 8.30. The zero-order valence-electron chi connectivity index (χ0n) is 13.6. The van der Waals surface area contributed by atoms with Crippen LogP contribution in [0.3, 0.4) is 0 Å². The molecular formula is C18H21ClN2O2S. The molecule has 1 atom stereocenters. The van der Waals surface area contributed by atoms with Crippen LogP contribution < -0.4 is 0 Å². The van der Waals surface area contributed by atoms with Gasteiger partial charge in [0, 0.05) is 37.2 Å². The first-order chi connectivity index (χ1) is 11.5. The second kappa shape index (κ2) is 7.23. The van der Waals surface area contributed by atoms with Crippen LogP contribution in [-0.2, 0) is 10.0 Å². The molecule has 128 valence electrons. The van der Waals surface area contributed by atoms with Crippen molar-refractivity contribution in [2.24, 2.45) is 0 Å². The highest BCUT2D eigenvalue weighted by molar-refractivity contribution is 7.89. The fourth-order valence-corrected chi connectivity index (χ4v) is 4.82. The molecule has 6 heteroatoms. The van der Waals surface area contributed by atoms with Crippen LogP contribution in [0.4, 0.5) is 0 Å². The van der Waals surface area contributed by atoms with Crippen LogP contribution in [0.1, 0.15) is 18.5 Å². The Morgan fingerprint density at radius 1 is 0.917 bits per heavy atom. The molecule has 24 heavy (non-hydrogen) atoms. The van der Waals surface area contributed by atoms with E-state index < -0.39 is 10.0 Å². The van der Waals surface area contributed by atoms with E-state index in [4.69, 9.17) is 11.6 Å². The van der Waals surface area contributed by atoms with E-state index in [1.807, 2.05) is 30.3 Å². The summed E-state index contributed by atoms with van der Waals surface area (Å²) in [7, 11) is -3.40. The lowest BCUT2D eigenvalue weighted by Gasteiger charge is -2.37. The van der Waals surface area contributed by atoms with Crippen molar-refractivity contribution in [1.82, 2.24) is 9.21 Å². The quantitative estimate of drug-likeness (QED) is 0.834. The maximum absolute atomic E-state index is 12.7. The van der Waals surface area contributed by atoms with E-state index >= 15 is 0 Å². The van der Waals surface area contributed by atoms with Crippen molar-refractivity contribution >= 4 is 21.6 Å². The van der Waals surface area contributed by atoms with Gasteiger partial charge in [0.2, 0.25) is 10.0 Å². The molecule has 1 aliphatic rings. The smallest absolute Gasteiger partial charge is 0.243 e. The topological polar surface area (TPSA) is 40.6 Å². The Morgan fingerprint density at radius 2 is 1.50 bits per heavy atom. The van der Waals surface area contributed by atoms with Gasteiger partial charge >= 0.3 is 0 Å². The van der Waals surface area contributed by atoms with Gasteiger partial charge in [0.1, 0.15) is 0 Å². The highest BCUT2D eigenvalue weighted by Gasteiger charge is 2.30. The molecule has 1 heterocycles. The van der Waals surface area contributed by atoms with E-state index in [0.29, 0.717) is 31.1 Å². The van der Waals surface area contributed by atoms with Gasteiger partial charge in [-0.3, -0.25) is 4.90 Å². The molecule has 2 aromatic rings. The average Bonchev–Trinajstić information content (AvgIpc) is 2.62. The van der Waals surface area contributed by atoms with E-state index in [1.165, 1.54) is 0 Å². The molecule has 0 spiro atoms. The zero-order chi connectivity index (χ0) is 17.2. The van der Waals surface area contributed by atoms with E-state index in [2.05, 4.69) is 11.8 Å². The summed E-state index contributed by atoms with van der Waals surface area (Å²) >= 11 is 6.29. The van der Waals surface area contributed by atoms with Gasteiger partial charge in [-0.25, -0.2) is 8.42 Å². The van der Waals surface area contributed by atoms with E-state index in [0.717, 1.165) is 10.6 Å². The van der Waals surface area contributed by atoms with Gasteiger partial charge in [-0.2, -0.15) is 4.31 Å². The van der Waals surface area contributed by atoms with Gasteiger partial charge in [-0.05, 0) is 30.7 Å². The molecule has 0 aliphatic carbocycles. The highest BCUT2D eigenvalue weighted by Crippen LogP contribution is 2.28. The largest absolute Gasteiger partial charge is 0.294 e. The lowest BCUT2D eigenvalue weighted by Crippen LogP contribution is -2.49. The van der Waals surface area contributed by atoms with Crippen molar-refractivity contribution in [2.45, 2.75) is 17.9 Å². The van der Waals surface area contributed by atoms with Gasteiger partial charge in [-0.15, -0.1) is 0 Å². The first-order valence-electron chi connectivity index (χ1n) is 8.04. The van der Waals surface area contributed by atoms with Crippen LogP contribution in [0.2, 0.25) is 5.02 Å². The second-order valence-electron chi connectivity index (χ2n) is 5.95. The molecule has 0 saturated carbocycles. The third-order valence-corrected chi connectivity index (χ3v) is 6.81. The van der Waals surface area contributed by atoms with Crippen molar-refractivity contribution in [3.63, 3.8) is 0 Å². The molecule has 3 rings (SSSR count). The number of piperazine rings is 1. The summed E-state index contributed by atoms with van der Waals surface area (Å²) in [5.74, 6) is 0. The first kappa shape index (κ1) is 17.4. The molecule has 1 fully saturated rings. The van der Waals surface area contributed by atoms with E-state index in [-0.39, 0.29) is 6.04 Å². The Morgan fingerprint density at radius 3 is 2.12 bits per heavy atom. The Bertz CT molecular complexity index is 788. The molecule has 0 aromatic heterocycles. The van der Waals surface area contributed by atoms with Crippen LogP contribution >= 0.6 is 11.6 Å². The Labute approximate surface area is 148 Å². The predicted octanol–water partition coefficient (Wildman–Crippen LogP) is 3.41. The average molecular weight is 365 g/mol. The summed E-state index contributed by atoms with van der Waals surface area (Å²) < 4.78 is 26.9. The van der Waals surface area contributed by atoms with Gasteiger partial charge < -0.3 is 0 Å². The molecule has 1 saturated heterocycles. The third-order valence-electron chi connectivity index (χ3n) is 4.56. The van der Waals surface area contributed by atoms with Crippen molar-refractivity contribution in [2.75, 3.05) is 26.2 Å². The maximum Gasteiger partial charge on any atom is 0.243 e. The van der Waals surface area contributed by atoms with Gasteiger partial charge in [0.05, 0.1) is 4.90 Å². The van der Waals surface area contributed by atoms with Crippen molar-refractivity contribution < 1.29 is 8.42 Å². The number of hydrogen-bond acceptors (Lipinski definition) is 3. The minimum atomic E-state index is -3.40. The van der Waals surface area contributed by atoms with Crippen LogP contribution in [0.5, 0.6) is 0 Å². The Kier molecular flexibility index (Phi) is 5.25. The first-order valence-corrected chi connectivity index (χ1v) is 9.85. The molecule has 0 N–H and O–H groups in total. The lowest BCUT2D eigenvalue weighted by atomic mass is 10.1. The van der Waals surface area contributed by atoms with Gasteiger partial charge in [0.15, 0.2) is 0 Å². The summed E-state index contributed by atoms with van der Waals surface area (Å²) in [6, 6.07) is 16.6. The third kappa shape index (κ3) is 3.49. The maximum atomic E-state index is 12.7. The molecule has 0 radical (unpaired) electrons. The van der Waals surface area contributed by atoms with Crippen LogP contribution in [-0.4, -0.2) is 43.8 Å². The number of halogens is 1. The summed E-state index contributed by atoms with van der Waals surface area (Å²) in [6.07, 6.45) is 0. The van der Waals surface area contributed by atoms with Crippen molar-refractivity contribution in [3.8, 4) is 0 Å². The van der Waals surface area contributed by atoms with E-state index in [9.17, 15) is 8.42 Å². The monoisotopic (exact) mass is 364 g/mol. The fourth-order valence-electron chi connectivity index (χ4n) is 3.08. The van der Waals surface area contributed by atoms with Gasteiger partial charge in [0.25, 0.3) is 0 Å². The SMILES string of the molecule is CC(c1ccccc1Cl)N1CCN(S(=O)(=O)c2ccccc2)CC1. The fraction of sp³-hybridized carbons (Fsp3) is 0.333. The zero-order valence-corrected chi connectivity index (χ0v) is 15.2. The standard InChI is InChI=1S/C18H21ClN2O2S/c1-15(17-9-5-6-10-18(17)19)20-11-13-21(14-12-20)24(22,23)16-7-3-2-4-8-16/h2-10,15H,11-14H2,1H3. The normalized spacial score (nSPS) is 18.4.